The van der Waals surface area contributed by atoms with Gasteiger partial charge in [0.25, 0.3) is 0 Å². The van der Waals surface area contributed by atoms with E-state index in [0.29, 0.717) is 16.6 Å². The molecule has 1 heterocycles. The average molecular weight is 204 g/mol. The number of pyridine rings is 1. The van der Waals surface area contributed by atoms with E-state index in [1.165, 1.54) is 0 Å². The van der Waals surface area contributed by atoms with Gasteiger partial charge in [-0.1, -0.05) is 15.9 Å². The van der Waals surface area contributed by atoms with Crippen LogP contribution in [0.1, 0.15) is 11.3 Å². The summed E-state index contributed by atoms with van der Waals surface area (Å²) in [6.07, 6.45) is 1.61. The predicted molar refractivity (Wildman–Crippen MR) is 41.6 cm³/mol. The van der Waals surface area contributed by atoms with Crippen LogP contribution in [-0.2, 0) is 5.33 Å². The molecule has 0 aliphatic rings. The molecule has 0 saturated carbocycles. The average Bonchev–Trinajstić information content (AvgIpc) is 1.95. The second-order valence-electron chi connectivity index (χ2n) is 2.00. The van der Waals surface area contributed by atoms with E-state index in [-0.39, 0.29) is 5.82 Å². The Kier molecular flexibility index (Phi) is 2.38. The normalized spacial score (nSPS) is 9.90. The van der Waals surface area contributed by atoms with Crippen LogP contribution in [0.25, 0.3) is 0 Å². The van der Waals surface area contributed by atoms with Gasteiger partial charge in [-0.25, -0.2) is 4.39 Å². The Morgan fingerprint density at radius 1 is 1.70 bits per heavy atom. The largest absolute Gasteiger partial charge is 0.259 e. The highest BCUT2D eigenvalue weighted by Crippen LogP contribution is 2.11. The Balaban J connectivity index is 3.14. The monoisotopic (exact) mass is 203 g/mol. The molecule has 1 rings (SSSR count). The van der Waals surface area contributed by atoms with E-state index in [4.69, 9.17) is 0 Å². The molecule has 3 heteroatoms. The topological polar surface area (TPSA) is 12.9 Å². The zero-order valence-electron chi connectivity index (χ0n) is 5.56. The quantitative estimate of drug-likeness (QED) is 0.640. The second-order valence-corrected chi connectivity index (χ2v) is 2.56. The molecular formula is C7H7BrFN. The molecule has 0 fully saturated rings. The lowest BCUT2D eigenvalue weighted by Gasteiger charge is -1.98. The van der Waals surface area contributed by atoms with Crippen molar-refractivity contribution in [2.45, 2.75) is 12.3 Å². The first-order chi connectivity index (χ1) is 4.75. The summed E-state index contributed by atoms with van der Waals surface area (Å²) in [4.78, 5) is 3.79. The lowest BCUT2D eigenvalue weighted by molar-refractivity contribution is 0.599. The Hall–Kier alpha value is -0.440. The molecule has 10 heavy (non-hydrogen) atoms. The Labute approximate surface area is 67.4 Å². The lowest BCUT2D eigenvalue weighted by atomic mass is 10.2. The molecule has 0 aromatic carbocycles. The van der Waals surface area contributed by atoms with Crippen LogP contribution in [0.4, 0.5) is 4.39 Å². The van der Waals surface area contributed by atoms with Crippen molar-refractivity contribution in [2.24, 2.45) is 0 Å². The van der Waals surface area contributed by atoms with E-state index in [0.717, 1.165) is 0 Å². The van der Waals surface area contributed by atoms with Crippen molar-refractivity contribution in [1.82, 2.24) is 4.98 Å². The van der Waals surface area contributed by atoms with E-state index in [2.05, 4.69) is 20.9 Å². The molecule has 0 radical (unpaired) electrons. The van der Waals surface area contributed by atoms with Crippen LogP contribution in [0.15, 0.2) is 12.3 Å². The first kappa shape index (κ1) is 7.66. The van der Waals surface area contributed by atoms with Crippen LogP contribution in [0.2, 0.25) is 0 Å². The van der Waals surface area contributed by atoms with Crippen molar-refractivity contribution in [1.29, 1.82) is 0 Å². The molecule has 0 unspecified atom stereocenters. The number of hydrogen-bond donors (Lipinski definition) is 0. The SMILES string of the molecule is Cc1nccc(CBr)c1F. The fourth-order valence-electron chi connectivity index (χ4n) is 0.704. The van der Waals surface area contributed by atoms with Gasteiger partial charge >= 0.3 is 0 Å². The number of halogens is 2. The van der Waals surface area contributed by atoms with E-state index < -0.39 is 0 Å². The van der Waals surface area contributed by atoms with E-state index in [1.807, 2.05) is 0 Å². The van der Waals surface area contributed by atoms with Gasteiger partial charge in [0.05, 0.1) is 5.69 Å². The van der Waals surface area contributed by atoms with E-state index in [1.54, 1.807) is 19.2 Å². The van der Waals surface area contributed by atoms with Crippen molar-refractivity contribution >= 4 is 15.9 Å². The van der Waals surface area contributed by atoms with E-state index >= 15 is 0 Å². The number of nitrogens with zero attached hydrogens (tertiary/aromatic N) is 1. The maximum atomic E-state index is 12.9. The number of aromatic nitrogens is 1. The fraction of sp³-hybridized carbons (Fsp3) is 0.286. The Morgan fingerprint density at radius 2 is 2.40 bits per heavy atom. The number of rotatable bonds is 1. The molecule has 0 amide bonds. The zero-order valence-corrected chi connectivity index (χ0v) is 7.15. The van der Waals surface area contributed by atoms with Crippen LogP contribution in [0.3, 0.4) is 0 Å². The van der Waals surface area contributed by atoms with Gasteiger partial charge in [-0.05, 0) is 13.0 Å². The van der Waals surface area contributed by atoms with Gasteiger partial charge in [-0.2, -0.15) is 0 Å². The minimum absolute atomic E-state index is 0.209. The van der Waals surface area contributed by atoms with Crippen molar-refractivity contribution in [3.8, 4) is 0 Å². The molecule has 0 N–H and O–H groups in total. The maximum Gasteiger partial charge on any atom is 0.148 e. The van der Waals surface area contributed by atoms with Crippen LogP contribution in [0.5, 0.6) is 0 Å². The van der Waals surface area contributed by atoms with E-state index in [9.17, 15) is 4.39 Å². The molecular weight excluding hydrogens is 197 g/mol. The third kappa shape index (κ3) is 1.34. The highest BCUT2D eigenvalue weighted by atomic mass is 79.9. The van der Waals surface area contributed by atoms with Crippen LogP contribution < -0.4 is 0 Å². The van der Waals surface area contributed by atoms with Crippen LogP contribution >= 0.6 is 15.9 Å². The Bertz CT molecular complexity index is 237. The predicted octanol–water partition coefficient (Wildman–Crippen LogP) is 2.42. The third-order valence-electron chi connectivity index (χ3n) is 1.29. The number of aryl methyl sites for hydroxylation is 1. The van der Waals surface area contributed by atoms with Gasteiger partial charge in [0.15, 0.2) is 0 Å². The van der Waals surface area contributed by atoms with Gasteiger partial charge in [-0.3, -0.25) is 4.98 Å². The number of hydrogen-bond acceptors (Lipinski definition) is 1. The summed E-state index contributed by atoms with van der Waals surface area (Å²) in [7, 11) is 0. The first-order valence-corrected chi connectivity index (χ1v) is 4.04. The maximum absolute atomic E-state index is 12.9. The molecule has 0 atom stereocenters. The van der Waals surface area contributed by atoms with Gasteiger partial charge in [0.2, 0.25) is 0 Å². The molecule has 1 nitrogen and oxygen atoms in total. The standard InChI is InChI=1S/C7H7BrFN/c1-5-7(9)6(4-8)2-3-10-5/h2-3H,4H2,1H3. The third-order valence-corrected chi connectivity index (χ3v) is 1.89. The van der Waals surface area contributed by atoms with Gasteiger partial charge < -0.3 is 0 Å². The molecule has 0 aliphatic carbocycles. The highest BCUT2D eigenvalue weighted by Gasteiger charge is 2.02. The van der Waals surface area contributed by atoms with Crippen LogP contribution in [-0.4, -0.2) is 4.98 Å². The van der Waals surface area contributed by atoms with Crippen molar-refractivity contribution in [3.63, 3.8) is 0 Å². The molecule has 0 spiro atoms. The van der Waals surface area contributed by atoms with Gasteiger partial charge in [-0.15, -0.1) is 0 Å². The zero-order chi connectivity index (χ0) is 7.56. The summed E-state index contributed by atoms with van der Waals surface area (Å²) in [5, 5.41) is 0.544. The minimum Gasteiger partial charge on any atom is -0.259 e. The Morgan fingerprint density at radius 3 is 2.90 bits per heavy atom. The summed E-state index contributed by atoms with van der Waals surface area (Å²) in [5.74, 6) is -0.209. The van der Waals surface area contributed by atoms with Gasteiger partial charge in [0, 0.05) is 17.1 Å². The van der Waals surface area contributed by atoms with Crippen molar-refractivity contribution < 1.29 is 4.39 Å². The smallest absolute Gasteiger partial charge is 0.148 e. The van der Waals surface area contributed by atoms with Crippen LogP contribution in [0, 0.1) is 12.7 Å². The van der Waals surface area contributed by atoms with Gasteiger partial charge in [0.1, 0.15) is 5.82 Å². The number of alkyl halides is 1. The summed E-state index contributed by atoms with van der Waals surface area (Å²) < 4.78 is 12.9. The summed E-state index contributed by atoms with van der Waals surface area (Å²) in [6.45, 7) is 1.65. The highest BCUT2D eigenvalue weighted by molar-refractivity contribution is 9.08. The second kappa shape index (κ2) is 3.10. The summed E-state index contributed by atoms with van der Waals surface area (Å²) in [5.41, 5.74) is 1.12. The molecule has 0 saturated heterocycles. The first-order valence-electron chi connectivity index (χ1n) is 2.91. The fourth-order valence-corrected chi connectivity index (χ4v) is 1.14. The molecule has 1 aromatic heterocycles. The lowest BCUT2D eigenvalue weighted by Crippen LogP contribution is -1.92. The minimum atomic E-state index is -0.209. The molecule has 1 aromatic rings. The van der Waals surface area contributed by atoms with Crippen molar-refractivity contribution in [3.05, 3.63) is 29.3 Å². The molecule has 0 aliphatic heterocycles. The molecule has 0 bridgehead atoms. The summed E-state index contributed by atoms with van der Waals surface area (Å²) >= 11 is 3.17. The molecule has 54 valence electrons. The summed E-state index contributed by atoms with van der Waals surface area (Å²) in [6, 6.07) is 1.66. The van der Waals surface area contributed by atoms with Crippen molar-refractivity contribution in [2.75, 3.05) is 0 Å².